The van der Waals surface area contributed by atoms with Crippen LogP contribution in [0, 0.1) is 0 Å². The number of morpholine rings is 1. The average Bonchev–Trinajstić information content (AvgIpc) is 2.71. The molecule has 1 fully saturated rings. The number of aryl methyl sites for hydroxylation is 1. The number of esters is 1. The van der Waals surface area contributed by atoms with E-state index in [0.717, 1.165) is 12.0 Å². The van der Waals surface area contributed by atoms with Gasteiger partial charge in [0.05, 0.1) is 29.3 Å². The van der Waals surface area contributed by atoms with Crippen molar-refractivity contribution in [3.8, 4) is 0 Å². The number of pyridine rings is 1. The summed E-state index contributed by atoms with van der Waals surface area (Å²) in [6.45, 7) is 4.63. The first-order valence-corrected chi connectivity index (χ1v) is 11.1. The molecule has 0 unspecified atom stereocenters. The molecule has 1 aromatic heterocycles. The zero-order valence-corrected chi connectivity index (χ0v) is 17.5. The number of carbonyl (C=O) groups is 1. The van der Waals surface area contributed by atoms with Crippen LogP contribution in [0.2, 0.25) is 0 Å². The van der Waals surface area contributed by atoms with Crippen molar-refractivity contribution in [3.63, 3.8) is 0 Å². The van der Waals surface area contributed by atoms with Crippen molar-refractivity contribution in [2.24, 2.45) is 0 Å². The number of sulfonamides is 1. The van der Waals surface area contributed by atoms with Crippen molar-refractivity contribution in [2.75, 3.05) is 19.7 Å². The van der Waals surface area contributed by atoms with Gasteiger partial charge in [-0.1, -0.05) is 0 Å². The summed E-state index contributed by atoms with van der Waals surface area (Å²) in [4.78, 5) is 16.3. The summed E-state index contributed by atoms with van der Waals surface area (Å²) in [5.41, 5.74) is 1.47. The molecule has 0 radical (unpaired) electrons. The van der Waals surface area contributed by atoms with Crippen LogP contribution in [0.1, 0.15) is 36.2 Å². The molecule has 1 aliphatic heterocycles. The van der Waals surface area contributed by atoms with Crippen LogP contribution in [-0.4, -0.2) is 55.6 Å². The molecule has 156 valence electrons. The molecule has 0 aliphatic carbocycles. The van der Waals surface area contributed by atoms with Crippen LogP contribution in [0.3, 0.4) is 0 Å². The van der Waals surface area contributed by atoms with E-state index in [4.69, 9.17) is 9.47 Å². The van der Waals surface area contributed by atoms with Crippen molar-refractivity contribution in [1.29, 1.82) is 0 Å². The molecule has 3 rings (SSSR count). The Hall–Kier alpha value is -2.29. The summed E-state index contributed by atoms with van der Waals surface area (Å²) >= 11 is 0. The zero-order chi connectivity index (χ0) is 20.9. The van der Waals surface area contributed by atoms with Crippen LogP contribution in [-0.2, 0) is 25.9 Å². The fraction of sp³-hybridized carbons (Fsp3) is 0.429. The van der Waals surface area contributed by atoms with E-state index >= 15 is 0 Å². The van der Waals surface area contributed by atoms with E-state index in [9.17, 15) is 13.2 Å². The SMILES string of the molecule is C[C@@H]1CN(S(=O)(=O)c2ccc(C(=O)OCCCc3ccncc3)cc2)C[C@H](C)O1. The highest BCUT2D eigenvalue weighted by atomic mass is 32.2. The standard InChI is InChI=1S/C21H26N2O5S/c1-16-14-23(15-17(2)28-16)29(25,26)20-7-5-19(6-8-20)21(24)27-13-3-4-18-9-11-22-12-10-18/h5-12,16-17H,3-4,13-15H2,1-2H3/t16-,17+. The molecule has 1 saturated heterocycles. The number of hydrogen-bond donors (Lipinski definition) is 0. The van der Waals surface area contributed by atoms with Crippen molar-refractivity contribution in [3.05, 3.63) is 59.9 Å². The van der Waals surface area contributed by atoms with E-state index in [0.29, 0.717) is 31.7 Å². The summed E-state index contributed by atoms with van der Waals surface area (Å²) in [6.07, 6.45) is 4.65. The summed E-state index contributed by atoms with van der Waals surface area (Å²) in [5, 5.41) is 0. The lowest BCUT2D eigenvalue weighted by Crippen LogP contribution is -2.48. The molecule has 0 saturated carbocycles. The highest BCUT2D eigenvalue weighted by Gasteiger charge is 2.32. The fourth-order valence-electron chi connectivity index (χ4n) is 3.31. The second kappa shape index (κ2) is 9.47. The molecule has 2 aromatic rings. The normalized spacial score (nSPS) is 20.3. The summed E-state index contributed by atoms with van der Waals surface area (Å²) in [6, 6.07) is 9.74. The van der Waals surface area contributed by atoms with Gasteiger partial charge in [-0.2, -0.15) is 4.31 Å². The van der Waals surface area contributed by atoms with Gasteiger partial charge in [-0.15, -0.1) is 0 Å². The van der Waals surface area contributed by atoms with Gasteiger partial charge < -0.3 is 9.47 Å². The Morgan fingerprint density at radius 2 is 1.72 bits per heavy atom. The Bertz CT molecular complexity index is 906. The van der Waals surface area contributed by atoms with Gasteiger partial charge in [-0.25, -0.2) is 13.2 Å². The first-order chi connectivity index (χ1) is 13.9. The van der Waals surface area contributed by atoms with Gasteiger partial charge in [0.1, 0.15) is 0 Å². The minimum absolute atomic E-state index is 0.157. The molecule has 0 spiro atoms. The Balaban J connectivity index is 1.55. The van der Waals surface area contributed by atoms with Crippen LogP contribution in [0.4, 0.5) is 0 Å². The minimum atomic E-state index is -3.63. The molecule has 0 bridgehead atoms. The van der Waals surface area contributed by atoms with Crippen molar-refractivity contribution in [1.82, 2.24) is 9.29 Å². The first-order valence-electron chi connectivity index (χ1n) is 9.68. The Morgan fingerprint density at radius 1 is 1.10 bits per heavy atom. The van der Waals surface area contributed by atoms with E-state index < -0.39 is 16.0 Å². The summed E-state index contributed by atoms with van der Waals surface area (Å²) in [5.74, 6) is -0.461. The van der Waals surface area contributed by atoms with Gasteiger partial charge >= 0.3 is 5.97 Å². The second-order valence-corrected chi connectivity index (χ2v) is 9.14. The maximum atomic E-state index is 12.9. The molecule has 2 atom stereocenters. The zero-order valence-electron chi connectivity index (χ0n) is 16.7. The fourth-order valence-corrected chi connectivity index (χ4v) is 4.90. The average molecular weight is 419 g/mol. The molecular weight excluding hydrogens is 392 g/mol. The first kappa shape index (κ1) is 21.4. The van der Waals surface area contributed by atoms with Gasteiger partial charge in [0.2, 0.25) is 10.0 Å². The number of carbonyl (C=O) groups excluding carboxylic acids is 1. The highest BCUT2D eigenvalue weighted by Crippen LogP contribution is 2.21. The molecule has 8 heteroatoms. The second-order valence-electron chi connectivity index (χ2n) is 7.20. The number of hydrogen-bond acceptors (Lipinski definition) is 6. The molecule has 7 nitrogen and oxygen atoms in total. The van der Waals surface area contributed by atoms with Crippen molar-refractivity contribution in [2.45, 2.75) is 43.8 Å². The highest BCUT2D eigenvalue weighted by molar-refractivity contribution is 7.89. The third kappa shape index (κ3) is 5.62. The molecule has 0 N–H and O–H groups in total. The largest absolute Gasteiger partial charge is 0.462 e. The Morgan fingerprint density at radius 3 is 2.34 bits per heavy atom. The summed E-state index contributed by atoms with van der Waals surface area (Å²) < 4.78 is 38.0. The quantitative estimate of drug-likeness (QED) is 0.508. The molecule has 1 aromatic carbocycles. The van der Waals surface area contributed by atoms with Crippen molar-refractivity contribution >= 4 is 16.0 Å². The van der Waals surface area contributed by atoms with E-state index in [1.807, 2.05) is 26.0 Å². The lowest BCUT2D eigenvalue weighted by atomic mass is 10.1. The number of aromatic nitrogens is 1. The van der Waals surface area contributed by atoms with Gasteiger partial charge in [-0.05, 0) is 68.7 Å². The smallest absolute Gasteiger partial charge is 0.338 e. The van der Waals surface area contributed by atoms with E-state index in [-0.39, 0.29) is 17.1 Å². The molecule has 0 amide bonds. The van der Waals surface area contributed by atoms with Crippen LogP contribution < -0.4 is 0 Å². The number of rotatable bonds is 7. The molecule has 2 heterocycles. The van der Waals surface area contributed by atoms with Crippen LogP contribution >= 0.6 is 0 Å². The third-order valence-electron chi connectivity index (χ3n) is 4.71. The number of benzene rings is 1. The number of nitrogens with zero attached hydrogens (tertiary/aromatic N) is 2. The molecular formula is C21H26N2O5S. The predicted octanol–water partition coefficient (Wildman–Crippen LogP) is 2.67. The van der Waals surface area contributed by atoms with E-state index in [1.54, 1.807) is 12.4 Å². The van der Waals surface area contributed by atoms with E-state index in [2.05, 4.69) is 4.98 Å². The lowest BCUT2D eigenvalue weighted by molar-refractivity contribution is -0.0440. The minimum Gasteiger partial charge on any atom is -0.462 e. The van der Waals surface area contributed by atoms with E-state index in [1.165, 1.54) is 28.6 Å². The molecule has 1 aliphatic rings. The maximum absolute atomic E-state index is 12.9. The van der Waals surface area contributed by atoms with Crippen molar-refractivity contribution < 1.29 is 22.7 Å². The van der Waals surface area contributed by atoms with Gasteiger partial charge in [0, 0.05) is 25.5 Å². The van der Waals surface area contributed by atoms with Gasteiger partial charge in [0.15, 0.2) is 0 Å². The van der Waals surface area contributed by atoms with Crippen LogP contribution in [0.15, 0.2) is 53.7 Å². The Labute approximate surface area is 171 Å². The monoisotopic (exact) mass is 418 g/mol. The third-order valence-corrected chi connectivity index (χ3v) is 6.55. The maximum Gasteiger partial charge on any atom is 0.338 e. The predicted molar refractivity (Wildman–Crippen MR) is 108 cm³/mol. The van der Waals surface area contributed by atoms with Gasteiger partial charge in [0.25, 0.3) is 0 Å². The number of ether oxygens (including phenoxy) is 2. The topological polar surface area (TPSA) is 85.8 Å². The lowest BCUT2D eigenvalue weighted by Gasteiger charge is -2.34. The van der Waals surface area contributed by atoms with Crippen LogP contribution in [0.5, 0.6) is 0 Å². The molecule has 29 heavy (non-hydrogen) atoms. The van der Waals surface area contributed by atoms with Gasteiger partial charge in [-0.3, -0.25) is 4.98 Å². The summed E-state index contributed by atoms with van der Waals surface area (Å²) in [7, 11) is -3.63. The van der Waals surface area contributed by atoms with Crippen LogP contribution in [0.25, 0.3) is 0 Å². The Kier molecular flexibility index (Phi) is 7.00.